The zero-order valence-electron chi connectivity index (χ0n) is 7.11. The van der Waals surface area contributed by atoms with Crippen LogP contribution in [0.5, 0.6) is 0 Å². The summed E-state index contributed by atoms with van der Waals surface area (Å²) in [5, 5.41) is 0. The summed E-state index contributed by atoms with van der Waals surface area (Å²) in [6, 6.07) is 9.22. The fraction of sp³-hybridized carbons (Fsp3) is 0.400. The van der Waals surface area contributed by atoms with Crippen molar-refractivity contribution in [3.63, 3.8) is 0 Å². The van der Waals surface area contributed by atoms with Crippen LogP contribution in [0, 0.1) is 6.07 Å². The Hall–Kier alpha value is -0.300. The normalized spacial score (nSPS) is 11.6. The van der Waals surface area contributed by atoms with E-state index >= 15 is 0 Å². The summed E-state index contributed by atoms with van der Waals surface area (Å²) >= 11 is 3.50. The summed E-state index contributed by atoms with van der Waals surface area (Å²) in [5.74, 6) is 0. The van der Waals surface area contributed by atoms with Gasteiger partial charge in [0, 0.05) is 4.47 Å². The topological polar surface area (TPSA) is 0 Å². The van der Waals surface area contributed by atoms with E-state index in [2.05, 4.69) is 48.8 Å². The smallest absolute Gasteiger partial charge is 0.0218 e. The Morgan fingerprint density at radius 2 is 2.00 bits per heavy atom. The van der Waals surface area contributed by atoms with Crippen LogP contribution in [-0.2, 0) is 5.41 Å². The summed E-state index contributed by atoms with van der Waals surface area (Å²) in [5.41, 5.74) is 1.42. The Morgan fingerprint density at radius 3 is 2.36 bits per heavy atom. The Balaban J connectivity index is 3.14. The molecule has 11 heavy (non-hydrogen) atoms. The lowest BCUT2D eigenvalue weighted by atomic mass is 9.87. The predicted molar refractivity (Wildman–Crippen MR) is 51.7 cm³/mol. The number of rotatable bonds is 0. The van der Waals surface area contributed by atoms with Gasteiger partial charge in [-0.25, -0.2) is 0 Å². The second kappa shape index (κ2) is 2.98. The second-order valence-electron chi connectivity index (χ2n) is 3.64. The minimum Gasteiger partial charge on any atom is -0.0605 e. The highest BCUT2D eigenvalue weighted by molar-refractivity contribution is 9.10. The summed E-state index contributed by atoms with van der Waals surface area (Å²) in [7, 11) is 0. The van der Waals surface area contributed by atoms with Crippen LogP contribution in [0.3, 0.4) is 0 Å². The average molecular weight is 212 g/mol. The van der Waals surface area contributed by atoms with E-state index < -0.39 is 0 Å². The van der Waals surface area contributed by atoms with Crippen molar-refractivity contribution in [2.24, 2.45) is 0 Å². The maximum absolute atomic E-state index is 3.50. The molecule has 0 atom stereocenters. The van der Waals surface area contributed by atoms with E-state index in [9.17, 15) is 0 Å². The standard InChI is InChI=1S/C10H12Br/c1-10(2,3)8-6-4-5-7-9(8)11/h4-5,7H,1-3H3. The molecule has 0 heterocycles. The van der Waals surface area contributed by atoms with Crippen LogP contribution < -0.4 is 0 Å². The van der Waals surface area contributed by atoms with Crippen molar-refractivity contribution in [3.05, 3.63) is 34.3 Å². The Labute approximate surface area is 76.8 Å². The highest BCUT2D eigenvalue weighted by Gasteiger charge is 2.15. The Kier molecular flexibility index (Phi) is 2.38. The number of halogens is 1. The van der Waals surface area contributed by atoms with Crippen molar-refractivity contribution >= 4 is 15.9 Å². The van der Waals surface area contributed by atoms with Gasteiger partial charge in [0.25, 0.3) is 0 Å². The molecule has 1 heteroatoms. The first-order chi connectivity index (χ1) is 5.02. The van der Waals surface area contributed by atoms with Crippen LogP contribution in [0.25, 0.3) is 0 Å². The van der Waals surface area contributed by atoms with Gasteiger partial charge in [0.15, 0.2) is 0 Å². The van der Waals surface area contributed by atoms with Crippen molar-refractivity contribution in [3.8, 4) is 0 Å². The molecule has 59 valence electrons. The second-order valence-corrected chi connectivity index (χ2v) is 4.50. The van der Waals surface area contributed by atoms with Crippen LogP contribution in [0.2, 0.25) is 0 Å². The van der Waals surface area contributed by atoms with Gasteiger partial charge in [0.2, 0.25) is 0 Å². The maximum atomic E-state index is 3.50. The van der Waals surface area contributed by atoms with E-state index in [0.717, 1.165) is 4.47 Å². The molecule has 0 unspecified atom stereocenters. The van der Waals surface area contributed by atoms with Crippen LogP contribution >= 0.6 is 15.9 Å². The minimum atomic E-state index is 0.181. The molecule has 0 spiro atoms. The lowest BCUT2D eigenvalue weighted by Crippen LogP contribution is -2.11. The molecule has 0 aliphatic rings. The Morgan fingerprint density at radius 1 is 1.36 bits per heavy atom. The molecule has 0 aromatic heterocycles. The molecular weight excluding hydrogens is 200 g/mol. The van der Waals surface area contributed by atoms with Crippen LogP contribution in [0.15, 0.2) is 22.7 Å². The van der Waals surface area contributed by atoms with E-state index in [1.165, 1.54) is 5.56 Å². The summed E-state index contributed by atoms with van der Waals surface area (Å²) in [4.78, 5) is 0. The molecule has 0 aliphatic heterocycles. The van der Waals surface area contributed by atoms with E-state index in [4.69, 9.17) is 0 Å². The van der Waals surface area contributed by atoms with Crippen molar-refractivity contribution in [1.82, 2.24) is 0 Å². The van der Waals surface area contributed by atoms with Gasteiger partial charge in [0.05, 0.1) is 0 Å². The highest BCUT2D eigenvalue weighted by Crippen LogP contribution is 2.28. The molecule has 1 aromatic rings. The largest absolute Gasteiger partial charge is 0.0605 e. The fourth-order valence-electron chi connectivity index (χ4n) is 0.991. The van der Waals surface area contributed by atoms with Gasteiger partial charge in [-0.05, 0) is 23.1 Å². The lowest BCUT2D eigenvalue weighted by molar-refractivity contribution is 0.586. The zero-order valence-corrected chi connectivity index (χ0v) is 8.70. The van der Waals surface area contributed by atoms with E-state index in [1.54, 1.807) is 0 Å². The molecule has 0 bridgehead atoms. The fourth-order valence-corrected chi connectivity index (χ4v) is 1.85. The average Bonchev–Trinajstić information content (AvgIpc) is 1.86. The molecular formula is C10H12Br. The number of hydrogen-bond acceptors (Lipinski definition) is 0. The van der Waals surface area contributed by atoms with Gasteiger partial charge in [-0.15, -0.1) is 0 Å². The SMILES string of the molecule is CC(C)(C)c1[c]cccc1Br. The number of hydrogen-bond donors (Lipinski definition) is 0. The van der Waals surface area contributed by atoms with E-state index in [-0.39, 0.29) is 5.41 Å². The first kappa shape index (κ1) is 8.79. The molecule has 0 amide bonds. The van der Waals surface area contributed by atoms with Crippen LogP contribution in [0.4, 0.5) is 0 Å². The van der Waals surface area contributed by atoms with Gasteiger partial charge >= 0.3 is 0 Å². The Bertz CT molecular complexity index is 245. The van der Waals surface area contributed by atoms with Gasteiger partial charge < -0.3 is 0 Å². The summed E-state index contributed by atoms with van der Waals surface area (Å²) in [6.07, 6.45) is 0. The molecule has 0 nitrogen and oxygen atoms in total. The van der Waals surface area contributed by atoms with Crippen molar-refractivity contribution in [2.45, 2.75) is 26.2 Å². The summed E-state index contributed by atoms with van der Waals surface area (Å²) in [6.45, 7) is 6.55. The molecule has 0 aliphatic carbocycles. The van der Waals surface area contributed by atoms with Gasteiger partial charge in [-0.1, -0.05) is 48.8 Å². The third-order valence-corrected chi connectivity index (χ3v) is 2.22. The predicted octanol–water partition coefficient (Wildman–Crippen LogP) is 3.55. The molecule has 1 radical (unpaired) electrons. The molecule has 1 aromatic carbocycles. The van der Waals surface area contributed by atoms with Crippen molar-refractivity contribution < 1.29 is 0 Å². The van der Waals surface area contributed by atoms with Gasteiger partial charge in [-0.3, -0.25) is 0 Å². The quantitative estimate of drug-likeness (QED) is 0.616. The zero-order chi connectivity index (χ0) is 8.48. The molecule has 0 saturated heterocycles. The first-order valence-corrected chi connectivity index (χ1v) is 4.48. The van der Waals surface area contributed by atoms with E-state index in [1.807, 2.05) is 12.1 Å². The van der Waals surface area contributed by atoms with Crippen molar-refractivity contribution in [1.29, 1.82) is 0 Å². The van der Waals surface area contributed by atoms with Crippen molar-refractivity contribution in [2.75, 3.05) is 0 Å². The third kappa shape index (κ3) is 2.06. The van der Waals surface area contributed by atoms with Crippen LogP contribution in [0.1, 0.15) is 26.3 Å². The molecule has 0 saturated carbocycles. The van der Waals surface area contributed by atoms with Gasteiger partial charge in [0.1, 0.15) is 0 Å². The summed E-state index contributed by atoms with van der Waals surface area (Å²) < 4.78 is 1.15. The highest BCUT2D eigenvalue weighted by atomic mass is 79.9. The molecule has 0 fully saturated rings. The molecule has 1 rings (SSSR count). The first-order valence-electron chi connectivity index (χ1n) is 3.68. The minimum absolute atomic E-state index is 0.181. The lowest BCUT2D eigenvalue weighted by Gasteiger charge is -2.19. The molecule has 0 N–H and O–H groups in total. The van der Waals surface area contributed by atoms with Gasteiger partial charge in [-0.2, -0.15) is 0 Å². The number of benzene rings is 1. The van der Waals surface area contributed by atoms with Crippen LogP contribution in [-0.4, -0.2) is 0 Å². The monoisotopic (exact) mass is 211 g/mol. The van der Waals surface area contributed by atoms with E-state index in [0.29, 0.717) is 0 Å². The maximum Gasteiger partial charge on any atom is 0.0218 e. The third-order valence-electron chi connectivity index (χ3n) is 1.56.